The van der Waals surface area contributed by atoms with Crippen LogP contribution in [0.15, 0.2) is 0 Å². The van der Waals surface area contributed by atoms with Crippen LogP contribution in [0.2, 0.25) is 0 Å². The molecule has 0 aromatic carbocycles. The van der Waals surface area contributed by atoms with Crippen molar-refractivity contribution in [2.24, 2.45) is 0 Å². The summed E-state index contributed by atoms with van der Waals surface area (Å²) in [6.45, 7) is 6.94. The lowest BCUT2D eigenvalue weighted by Gasteiger charge is -2.38. The Morgan fingerprint density at radius 1 is 1.53 bits per heavy atom. The Morgan fingerprint density at radius 2 is 2.27 bits per heavy atom. The summed E-state index contributed by atoms with van der Waals surface area (Å²) in [5, 5.41) is 6.44. The Kier molecular flexibility index (Phi) is 5.05. The van der Waals surface area contributed by atoms with Crippen LogP contribution in [0.4, 0.5) is 0 Å². The van der Waals surface area contributed by atoms with Crippen molar-refractivity contribution in [3.63, 3.8) is 0 Å². The highest BCUT2D eigenvalue weighted by molar-refractivity contribution is 5.76. The van der Waals surface area contributed by atoms with Gasteiger partial charge in [-0.25, -0.2) is 0 Å². The van der Waals surface area contributed by atoms with Gasteiger partial charge in [0, 0.05) is 31.6 Å². The summed E-state index contributed by atoms with van der Waals surface area (Å²) in [7, 11) is 1.92. The van der Waals surface area contributed by atoms with E-state index in [0.29, 0.717) is 24.4 Å². The average molecular weight is 213 g/mol. The first-order chi connectivity index (χ1) is 7.16. The Hall–Kier alpha value is -0.610. The lowest BCUT2D eigenvalue weighted by Crippen LogP contribution is -2.57. The van der Waals surface area contributed by atoms with Crippen molar-refractivity contribution in [1.82, 2.24) is 15.5 Å². The van der Waals surface area contributed by atoms with E-state index in [0.717, 1.165) is 26.1 Å². The average Bonchev–Trinajstić information content (AvgIpc) is 2.22. The summed E-state index contributed by atoms with van der Waals surface area (Å²) in [5.74, 6) is 0.297. The summed E-state index contributed by atoms with van der Waals surface area (Å²) >= 11 is 0. The third kappa shape index (κ3) is 3.47. The van der Waals surface area contributed by atoms with E-state index in [1.54, 1.807) is 0 Å². The zero-order valence-corrected chi connectivity index (χ0v) is 10.0. The van der Waals surface area contributed by atoms with Gasteiger partial charge in [0.25, 0.3) is 0 Å². The second kappa shape index (κ2) is 6.08. The van der Waals surface area contributed by atoms with Crippen LogP contribution in [0.1, 0.15) is 26.7 Å². The van der Waals surface area contributed by atoms with Gasteiger partial charge in [-0.15, -0.1) is 0 Å². The minimum absolute atomic E-state index is 0.297. The quantitative estimate of drug-likeness (QED) is 0.656. The molecule has 88 valence electrons. The molecule has 0 spiro atoms. The number of nitrogens with one attached hydrogen (secondary N) is 2. The first kappa shape index (κ1) is 12.5. The predicted molar refractivity (Wildman–Crippen MR) is 61.8 cm³/mol. The molecule has 1 fully saturated rings. The Labute approximate surface area is 92.4 Å². The smallest absolute Gasteiger partial charge is 0.222 e. The summed E-state index contributed by atoms with van der Waals surface area (Å²) in [4.78, 5) is 13.9. The zero-order chi connectivity index (χ0) is 11.3. The molecule has 4 nitrogen and oxygen atoms in total. The monoisotopic (exact) mass is 213 g/mol. The number of piperazine rings is 1. The van der Waals surface area contributed by atoms with Gasteiger partial charge in [0.05, 0.1) is 0 Å². The van der Waals surface area contributed by atoms with Crippen LogP contribution in [0, 0.1) is 0 Å². The molecule has 0 saturated carbocycles. The summed E-state index contributed by atoms with van der Waals surface area (Å²) in [5.41, 5.74) is 0. The maximum absolute atomic E-state index is 11.9. The highest BCUT2D eigenvalue weighted by atomic mass is 16.2. The molecule has 2 unspecified atom stereocenters. The van der Waals surface area contributed by atoms with Gasteiger partial charge in [0.2, 0.25) is 5.91 Å². The molecule has 2 atom stereocenters. The number of carbonyl (C=O) groups excluding carboxylic acids is 1. The van der Waals surface area contributed by atoms with Gasteiger partial charge in [0.15, 0.2) is 0 Å². The van der Waals surface area contributed by atoms with Gasteiger partial charge < -0.3 is 15.5 Å². The Morgan fingerprint density at radius 3 is 2.93 bits per heavy atom. The summed E-state index contributed by atoms with van der Waals surface area (Å²) < 4.78 is 0. The van der Waals surface area contributed by atoms with Crippen LogP contribution in [-0.4, -0.2) is 49.6 Å². The molecule has 1 amide bonds. The van der Waals surface area contributed by atoms with Crippen molar-refractivity contribution >= 4 is 5.91 Å². The van der Waals surface area contributed by atoms with Crippen LogP contribution in [0.25, 0.3) is 0 Å². The van der Waals surface area contributed by atoms with Gasteiger partial charge in [-0.1, -0.05) is 0 Å². The first-order valence-electron chi connectivity index (χ1n) is 5.84. The maximum Gasteiger partial charge on any atom is 0.222 e. The number of hydrogen-bond donors (Lipinski definition) is 2. The van der Waals surface area contributed by atoms with Crippen LogP contribution in [-0.2, 0) is 4.79 Å². The molecular weight excluding hydrogens is 190 g/mol. The van der Waals surface area contributed by atoms with E-state index >= 15 is 0 Å². The van der Waals surface area contributed by atoms with Gasteiger partial charge >= 0.3 is 0 Å². The normalized spacial score (nSPS) is 26.7. The van der Waals surface area contributed by atoms with Crippen LogP contribution >= 0.6 is 0 Å². The first-order valence-corrected chi connectivity index (χ1v) is 5.84. The topological polar surface area (TPSA) is 44.4 Å². The van der Waals surface area contributed by atoms with E-state index in [1.165, 1.54) is 0 Å². The SMILES string of the molecule is CNCCCC(=O)N1CCNC(C)C1C. The van der Waals surface area contributed by atoms with Crippen LogP contribution < -0.4 is 10.6 Å². The second-order valence-corrected chi connectivity index (χ2v) is 4.28. The maximum atomic E-state index is 11.9. The Balaban J connectivity index is 2.37. The van der Waals surface area contributed by atoms with Crippen molar-refractivity contribution in [2.45, 2.75) is 38.8 Å². The van der Waals surface area contributed by atoms with Crippen molar-refractivity contribution in [3.05, 3.63) is 0 Å². The standard InChI is InChI=1S/C11H23N3O/c1-9-10(2)14(8-7-13-9)11(15)5-4-6-12-3/h9-10,12-13H,4-8H2,1-3H3. The number of nitrogens with zero attached hydrogens (tertiary/aromatic N) is 1. The van der Waals surface area contributed by atoms with Crippen molar-refractivity contribution in [1.29, 1.82) is 0 Å². The molecule has 4 heteroatoms. The lowest BCUT2D eigenvalue weighted by molar-refractivity contribution is -0.134. The van der Waals surface area contributed by atoms with Crippen molar-refractivity contribution < 1.29 is 4.79 Å². The van der Waals surface area contributed by atoms with Crippen LogP contribution in [0.3, 0.4) is 0 Å². The molecule has 1 aliphatic rings. The fourth-order valence-electron chi connectivity index (χ4n) is 1.97. The summed E-state index contributed by atoms with van der Waals surface area (Å²) in [6, 6.07) is 0.729. The fraction of sp³-hybridized carbons (Fsp3) is 0.909. The van der Waals surface area contributed by atoms with Gasteiger partial charge in [0.1, 0.15) is 0 Å². The molecule has 0 aromatic heterocycles. The largest absolute Gasteiger partial charge is 0.337 e. The number of rotatable bonds is 4. The van der Waals surface area contributed by atoms with E-state index < -0.39 is 0 Å². The molecule has 1 rings (SSSR count). The minimum atomic E-state index is 0.297. The van der Waals surface area contributed by atoms with Crippen molar-refractivity contribution in [3.8, 4) is 0 Å². The van der Waals surface area contributed by atoms with Gasteiger partial charge in [-0.2, -0.15) is 0 Å². The second-order valence-electron chi connectivity index (χ2n) is 4.28. The fourth-order valence-corrected chi connectivity index (χ4v) is 1.97. The molecule has 1 heterocycles. The minimum Gasteiger partial charge on any atom is -0.337 e. The summed E-state index contributed by atoms with van der Waals surface area (Å²) in [6.07, 6.45) is 1.60. The lowest BCUT2D eigenvalue weighted by atomic mass is 10.1. The van der Waals surface area contributed by atoms with E-state index in [1.807, 2.05) is 11.9 Å². The number of hydrogen-bond acceptors (Lipinski definition) is 3. The Bertz CT molecular complexity index is 208. The van der Waals surface area contributed by atoms with Gasteiger partial charge in [-0.05, 0) is 33.9 Å². The molecule has 0 bridgehead atoms. The number of carbonyl (C=O) groups is 1. The molecule has 1 saturated heterocycles. The molecule has 2 N–H and O–H groups in total. The molecular formula is C11H23N3O. The highest BCUT2D eigenvalue weighted by Gasteiger charge is 2.27. The molecule has 15 heavy (non-hydrogen) atoms. The van der Waals surface area contributed by atoms with Gasteiger partial charge in [-0.3, -0.25) is 4.79 Å². The van der Waals surface area contributed by atoms with E-state index in [-0.39, 0.29) is 0 Å². The highest BCUT2D eigenvalue weighted by Crippen LogP contribution is 2.10. The van der Waals surface area contributed by atoms with Crippen LogP contribution in [0.5, 0.6) is 0 Å². The molecule has 0 aliphatic carbocycles. The van der Waals surface area contributed by atoms with E-state index in [4.69, 9.17) is 0 Å². The van der Waals surface area contributed by atoms with Crippen molar-refractivity contribution in [2.75, 3.05) is 26.7 Å². The zero-order valence-electron chi connectivity index (χ0n) is 10.0. The molecule has 0 radical (unpaired) electrons. The molecule has 0 aromatic rings. The van der Waals surface area contributed by atoms with E-state index in [9.17, 15) is 4.79 Å². The number of amides is 1. The third-order valence-corrected chi connectivity index (χ3v) is 3.17. The predicted octanol–water partition coefficient (Wildman–Crippen LogP) is 0.195. The third-order valence-electron chi connectivity index (χ3n) is 3.17. The van der Waals surface area contributed by atoms with E-state index in [2.05, 4.69) is 24.5 Å². The molecule has 1 aliphatic heterocycles.